The molecule has 0 aliphatic rings. The molecule has 0 heterocycles. The van der Waals surface area contributed by atoms with Gasteiger partial charge >= 0.3 is 0 Å². The minimum atomic E-state index is -0.438. The van der Waals surface area contributed by atoms with Gasteiger partial charge in [0.1, 0.15) is 5.75 Å². The van der Waals surface area contributed by atoms with E-state index in [0.29, 0.717) is 45.7 Å². The maximum atomic E-state index is 12.5. The SMILES string of the molecule is CCOc1cc(C(=O)N/N=C/c2cc(Cl)ccc2OCC(=O)Nc2cccc(C)c2)ccc1OC. The summed E-state index contributed by atoms with van der Waals surface area (Å²) in [5.41, 5.74) is 5.02. The van der Waals surface area contributed by atoms with Gasteiger partial charge in [-0.25, -0.2) is 5.43 Å². The summed E-state index contributed by atoms with van der Waals surface area (Å²) >= 11 is 6.11. The Morgan fingerprint density at radius 2 is 1.80 bits per heavy atom. The monoisotopic (exact) mass is 495 g/mol. The van der Waals surface area contributed by atoms with Gasteiger partial charge in [-0.3, -0.25) is 9.59 Å². The average Bonchev–Trinajstić information content (AvgIpc) is 2.83. The van der Waals surface area contributed by atoms with Crippen molar-refractivity contribution in [3.05, 3.63) is 82.4 Å². The summed E-state index contributed by atoms with van der Waals surface area (Å²) in [6.45, 7) is 4.00. The van der Waals surface area contributed by atoms with Gasteiger partial charge in [0.05, 0.1) is 19.9 Å². The number of aryl methyl sites for hydroxylation is 1. The molecule has 35 heavy (non-hydrogen) atoms. The highest BCUT2D eigenvalue weighted by Gasteiger charge is 2.11. The quantitative estimate of drug-likeness (QED) is 0.310. The van der Waals surface area contributed by atoms with Crippen molar-refractivity contribution in [1.29, 1.82) is 0 Å². The second-order valence-electron chi connectivity index (χ2n) is 7.39. The Balaban J connectivity index is 1.64. The molecular formula is C26H26ClN3O5. The molecule has 0 bridgehead atoms. The van der Waals surface area contributed by atoms with Crippen molar-refractivity contribution < 1.29 is 23.8 Å². The largest absolute Gasteiger partial charge is 0.493 e. The number of ether oxygens (including phenoxy) is 3. The Morgan fingerprint density at radius 3 is 2.54 bits per heavy atom. The van der Waals surface area contributed by atoms with E-state index < -0.39 is 5.91 Å². The zero-order valence-electron chi connectivity index (χ0n) is 19.6. The summed E-state index contributed by atoms with van der Waals surface area (Å²) in [5.74, 6) is 0.619. The van der Waals surface area contributed by atoms with Crippen LogP contribution in [-0.4, -0.2) is 38.4 Å². The third-order valence-corrected chi connectivity index (χ3v) is 4.96. The fourth-order valence-electron chi connectivity index (χ4n) is 3.13. The summed E-state index contributed by atoms with van der Waals surface area (Å²) in [7, 11) is 1.53. The summed E-state index contributed by atoms with van der Waals surface area (Å²) in [4.78, 5) is 24.8. The van der Waals surface area contributed by atoms with Crippen LogP contribution in [0.25, 0.3) is 0 Å². The molecule has 2 N–H and O–H groups in total. The molecule has 8 nitrogen and oxygen atoms in total. The highest BCUT2D eigenvalue weighted by Crippen LogP contribution is 2.28. The van der Waals surface area contributed by atoms with Crippen LogP contribution in [0.5, 0.6) is 17.2 Å². The van der Waals surface area contributed by atoms with Crippen molar-refractivity contribution in [3.63, 3.8) is 0 Å². The van der Waals surface area contributed by atoms with Crippen molar-refractivity contribution in [2.45, 2.75) is 13.8 Å². The Hall–Kier alpha value is -4.04. The lowest BCUT2D eigenvalue weighted by Crippen LogP contribution is -2.20. The van der Waals surface area contributed by atoms with E-state index in [-0.39, 0.29) is 12.5 Å². The number of methoxy groups -OCH3 is 1. The lowest BCUT2D eigenvalue weighted by molar-refractivity contribution is -0.118. The van der Waals surface area contributed by atoms with Gasteiger partial charge in [-0.2, -0.15) is 5.10 Å². The molecule has 0 saturated heterocycles. The Morgan fingerprint density at radius 1 is 1.00 bits per heavy atom. The normalized spacial score (nSPS) is 10.6. The summed E-state index contributed by atoms with van der Waals surface area (Å²) in [6.07, 6.45) is 1.39. The summed E-state index contributed by atoms with van der Waals surface area (Å²) < 4.78 is 16.4. The Kier molecular flexibility index (Phi) is 9.09. The fraction of sp³-hybridized carbons (Fsp3) is 0.192. The molecule has 0 aliphatic heterocycles. The van der Waals surface area contributed by atoms with Crippen molar-refractivity contribution in [1.82, 2.24) is 5.43 Å². The average molecular weight is 496 g/mol. The first-order valence-electron chi connectivity index (χ1n) is 10.8. The van der Waals surface area contributed by atoms with Crippen LogP contribution in [0, 0.1) is 6.92 Å². The molecule has 3 aromatic rings. The number of carbonyl (C=O) groups is 2. The number of nitrogens with zero attached hydrogens (tertiary/aromatic N) is 1. The van der Waals surface area contributed by atoms with Crippen LogP contribution in [0.15, 0.2) is 65.8 Å². The molecule has 0 aromatic heterocycles. The standard InChI is InChI=1S/C26H26ClN3O5/c1-4-34-24-14-18(8-10-23(24)33-3)26(32)30-28-15-19-13-20(27)9-11-22(19)35-16-25(31)29-21-7-5-6-17(2)12-21/h5-15H,4,16H2,1-3H3,(H,29,31)(H,30,32)/b28-15+. The van der Waals surface area contributed by atoms with E-state index in [1.54, 1.807) is 42.5 Å². The fourth-order valence-corrected chi connectivity index (χ4v) is 3.31. The van der Waals surface area contributed by atoms with Crippen LogP contribution >= 0.6 is 11.6 Å². The third kappa shape index (κ3) is 7.48. The number of amides is 2. The molecule has 0 fully saturated rings. The minimum Gasteiger partial charge on any atom is -0.493 e. The molecule has 3 rings (SSSR count). The van der Waals surface area contributed by atoms with Gasteiger partial charge in [0.2, 0.25) is 0 Å². The number of hydrogen-bond acceptors (Lipinski definition) is 6. The number of rotatable bonds is 10. The zero-order chi connectivity index (χ0) is 25.2. The first-order valence-corrected chi connectivity index (χ1v) is 11.2. The number of anilines is 1. The molecule has 182 valence electrons. The van der Waals surface area contributed by atoms with E-state index in [9.17, 15) is 9.59 Å². The molecular weight excluding hydrogens is 470 g/mol. The van der Waals surface area contributed by atoms with Gasteiger partial charge in [-0.15, -0.1) is 0 Å². The van der Waals surface area contributed by atoms with Crippen LogP contribution in [0.1, 0.15) is 28.4 Å². The molecule has 0 spiro atoms. The summed E-state index contributed by atoms with van der Waals surface area (Å²) in [5, 5.41) is 7.24. The second-order valence-corrected chi connectivity index (χ2v) is 7.82. The van der Waals surface area contributed by atoms with E-state index in [0.717, 1.165) is 5.56 Å². The number of nitrogens with one attached hydrogen (secondary N) is 2. The van der Waals surface area contributed by atoms with Crippen LogP contribution in [0.4, 0.5) is 5.69 Å². The van der Waals surface area contributed by atoms with Crippen LogP contribution in [-0.2, 0) is 4.79 Å². The Labute approximate surface area is 208 Å². The van der Waals surface area contributed by atoms with Gasteiger partial charge < -0.3 is 19.5 Å². The lowest BCUT2D eigenvalue weighted by Gasteiger charge is -2.11. The number of halogens is 1. The maximum absolute atomic E-state index is 12.5. The molecule has 0 aliphatic carbocycles. The minimum absolute atomic E-state index is 0.213. The van der Waals surface area contributed by atoms with Crippen molar-refractivity contribution in [2.75, 3.05) is 25.6 Å². The molecule has 0 radical (unpaired) electrons. The van der Waals surface area contributed by atoms with Crippen molar-refractivity contribution >= 4 is 35.3 Å². The highest BCUT2D eigenvalue weighted by molar-refractivity contribution is 6.30. The van der Waals surface area contributed by atoms with E-state index >= 15 is 0 Å². The number of hydrogen-bond donors (Lipinski definition) is 2. The number of hydrazone groups is 1. The highest BCUT2D eigenvalue weighted by atomic mass is 35.5. The molecule has 0 unspecified atom stereocenters. The van der Waals surface area contributed by atoms with Gasteiger partial charge in [0.15, 0.2) is 18.1 Å². The summed E-state index contributed by atoms with van der Waals surface area (Å²) in [6, 6.07) is 17.2. The first-order chi connectivity index (χ1) is 16.9. The first kappa shape index (κ1) is 25.6. The molecule has 2 amide bonds. The molecule has 0 atom stereocenters. The van der Waals surface area contributed by atoms with Crippen LogP contribution in [0.3, 0.4) is 0 Å². The van der Waals surface area contributed by atoms with E-state index in [4.69, 9.17) is 25.8 Å². The topological polar surface area (TPSA) is 98.3 Å². The predicted octanol–water partition coefficient (Wildman–Crippen LogP) is 4.84. The molecule has 9 heteroatoms. The number of carbonyl (C=O) groups excluding carboxylic acids is 2. The Bertz CT molecular complexity index is 1230. The predicted molar refractivity (Wildman–Crippen MR) is 136 cm³/mol. The lowest BCUT2D eigenvalue weighted by atomic mass is 10.2. The van der Waals surface area contributed by atoms with Crippen LogP contribution < -0.4 is 25.0 Å². The van der Waals surface area contributed by atoms with E-state index in [2.05, 4.69) is 15.8 Å². The molecule has 0 saturated carbocycles. The van der Waals surface area contributed by atoms with Gasteiger partial charge in [0, 0.05) is 21.8 Å². The smallest absolute Gasteiger partial charge is 0.271 e. The van der Waals surface area contributed by atoms with Gasteiger partial charge in [0.25, 0.3) is 11.8 Å². The van der Waals surface area contributed by atoms with E-state index in [1.165, 1.54) is 13.3 Å². The van der Waals surface area contributed by atoms with Gasteiger partial charge in [-0.1, -0.05) is 23.7 Å². The second kappa shape index (κ2) is 12.4. The van der Waals surface area contributed by atoms with Crippen molar-refractivity contribution in [2.24, 2.45) is 5.10 Å². The number of benzene rings is 3. The maximum Gasteiger partial charge on any atom is 0.271 e. The molecule has 3 aromatic carbocycles. The third-order valence-electron chi connectivity index (χ3n) is 4.73. The van der Waals surface area contributed by atoms with Gasteiger partial charge in [-0.05, 0) is 67.9 Å². The van der Waals surface area contributed by atoms with Crippen molar-refractivity contribution in [3.8, 4) is 17.2 Å². The van der Waals surface area contributed by atoms with Crippen LogP contribution in [0.2, 0.25) is 5.02 Å². The van der Waals surface area contributed by atoms with E-state index in [1.807, 2.05) is 32.0 Å². The zero-order valence-corrected chi connectivity index (χ0v) is 20.4.